The fraction of sp³-hybridized carbons (Fsp3) is 0.400. The smallest absolute Gasteiger partial charge is 0.0442 e. The molecule has 70 valence electrons. The topological polar surface area (TPSA) is 12.0 Å². The molecule has 0 aliphatic carbocycles. The van der Waals surface area contributed by atoms with Gasteiger partial charge in [0.2, 0.25) is 0 Å². The second-order valence-electron chi connectivity index (χ2n) is 3.34. The van der Waals surface area contributed by atoms with Crippen LogP contribution in [0.15, 0.2) is 18.2 Å². The van der Waals surface area contributed by atoms with E-state index in [1.807, 2.05) is 11.8 Å². The van der Waals surface area contributed by atoms with E-state index in [0.29, 0.717) is 6.04 Å². The zero-order chi connectivity index (χ0) is 9.26. The summed E-state index contributed by atoms with van der Waals surface area (Å²) in [5.74, 6) is 2.51. The summed E-state index contributed by atoms with van der Waals surface area (Å²) in [6, 6.07) is 7.26. The molecule has 0 bridgehead atoms. The highest BCUT2D eigenvalue weighted by Crippen LogP contribution is 2.23. The average molecular weight is 305 g/mol. The molecule has 13 heavy (non-hydrogen) atoms. The quantitative estimate of drug-likeness (QED) is 0.843. The van der Waals surface area contributed by atoms with Gasteiger partial charge < -0.3 is 5.32 Å². The molecule has 0 unspecified atom stereocenters. The van der Waals surface area contributed by atoms with Gasteiger partial charge in [0.25, 0.3) is 0 Å². The number of hydrogen-bond acceptors (Lipinski definition) is 2. The van der Waals surface area contributed by atoms with Gasteiger partial charge in [-0.25, -0.2) is 0 Å². The van der Waals surface area contributed by atoms with Crippen LogP contribution in [-0.4, -0.2) is 17.5 Å². The van der Waals surface area contributed by atoms with Crippen molar-refractivity contribution in [2.75, 3.05) is 16.8 Å². The van der Waals surface area contributed by atoms with E-state index >= 15 is 0 Å². The molecule has 1 nitrogen and oxygen atoms in total. The molecule has 0 radical (unpaired) electrons. The summed E-state index contributed by atoms with van der Waals surface area (Å²) in [6.07, 6.45) is 0. The van der Waals surface area contributed by atoms with Crippen molar-refractivity contribution in [1.82, 2.24) is 0 Å². The molecule has 0 saturated carbocycles. The maximum Gasteiger partial charge on any atom is 0.0442 e. The van der Waals surface area contributed by atoms with Gasteiger partial charge in [0.1, 0.15) is 0 Å². The summed E-state index contributed by atoms with van der Waals surface area (Å²) in [6.45, 7) is 2.14. The fourth-order valence-electron chi connectivity index (χ4n) is 1.24. The van der Waals surface area contributed by atoms with Gasteiger partial charge in [-0.05, 0) is 47.2 Å². The largest absolute Gasteiger partial charge is 0.381 e. The second-order valence-corrected chi connectivity index (χ2v) is 5.58. The molecule has 0 atom stereocenters. The standard InChI is InChI=1S/C10H12INS/c1-7-2-3-8(4-10(7)11)12-9-5-13-6-9/h2-4,9,12H,5-6H2,1H3. The number of benzene rings is 1. The predicted molar refractivity (Wildman–Crippen MR) is 68.6 cm³/mol. The number of anilines is 1. The van der Waals surface area contributed by atoms with E-state index in [1.165, 1.54) is 26.3 Å². The maximum absolute atomic E-state index is 3.52. The van der Waals surface area contributed by atoms with Crippen LogP contribution >= 0.6 is 34.4 Å². The molecular weight excluding hydrogens is 293 g/mol. The SMILES string of the molecule is Cc1ccc(NC2CSC2)cc1I. The normalized spacial score (nSPS) is 16.8. The van der Waals surface area contributed by atoms with Crippen LogP contribution in [0.3, 0.4) is 0 Å². The van der Waals surface area contributed by atoms with Gasteiger partial charge >= 0.3 is 0 Å². The summed E-state index contributed by atoms with van der Waals surface area (Å²) < 4.78 is 1.34. The number of thioether (sulfide) groups is 1. The van der Waals surface area contributed by atoms with Crippen molar-refractivity contribution >= 4 is 40.0 Å². The van der Waals surface area contributed by atoms with Gasteiger partial charge in [-0.3, -0.25) is 0 Å². The first-order chi connectivity index (χ1) is 6.25. The molecule has 1 saturated heterocycles. The van der Waals surface area contributed by atoms with Crippen LogP contribution in [0.25, 0.3) is 0 Å². The third-order valence-corrected chi connectivity index (χ3v) is 4.62. The summed E-state index contributed by atoms with van der Waals surface area (Å²) >= 11 is 4.39. The van der Waals surface area contributed by atoms with Gasteiger partial charge in [-0.1, -0.05) is 6.07 Å². The van der Waals surface area contributed by atoms with Crippen LogP contribution in [0.1, 0.15) is 5.56 Å². The molecule has 1 aromatic carbocycles. The van der Waals surface area contributed by atoms with Crippen molar-refractivity contribution in [2.45, 2.75) is 13.0 Å². The van der Waals surface area contributed by atoms with E-state index in [0.717, 1.165) is 0 Å². The zero-order valence-corrected chi connectivity index (χ0v) is 10.5. The lowest BCUT2D eigenvalue weighted by molar-refractivity contribution is 0.882. The van der Waals surface area contributed by atoms with E-state index in [9.17, 15) is 0 Å². The Morgan fingerprint density at radius 2 is 2.23 bits per heavy atom. The van der Waals surface area contributed by atoms with E-state index in [1.54, 1.807) is 0 Å². The molecule has 1 fully saturated rings. The highest BCUT2D eigenvalue weighted by molar-refractivity contribution is 14.1. The van der Waals surface area contributed by atoms with Gasteiger partial charge in [0, 0.05) is 26.8 Å². The van der Waals surface area contributed by atoms with Crippen molar-refractivity contribution in [1.29, 1.82) is 0 Å². The zero-order valence-electron chi connectivity index (χ0n) is 7.51. The van der Waals surface area contributed by atoms with Crippen LogP contribution in [-0.2, 0) is 0 Å². The Morgan fingerprint density at radius 3 is 2.77 bits per heavy atom. The Morgan fingerprint density at radius 1 is 1.46 bits per heavy atom. The third kappa shape index (κ3) is 2.31. The van der Waals surface area contributed by atoms with Crippen molar-refractivity contribution in [3.63, 3.8) is 0 Å². The Hall–Kier alpha value is 0.100. The minimum atomic E-state index is 0.698. The van der Waals surface area contributed by atoms with E-state index < -0.39 is 0 Å². The first kappa shape index (κ1) is 9.65. The molecule has 1 heterocycles. The fourth-order valence-corrected chi connectivity index (χ4v) is 2.39. The molecule has 1 aromatic rings. The first-order valence-electron chi connectivity index (χ1n) is 4.36. The molecule has 0 spiro atoms. The lowest BCUT2D eigenvalue weighted by Crippen LogP contribution is -2.33. The van der Waals surface area contributed by atoms with Gasteiger partial charge in [0.15, 0.2) is 0 Å². The molecule has 3 heteroatoms. The van der Waals surface area contributed by atoms with E-state index in [-0.39, 0.29) is 0 Å². The molecular formula is C10H12INS. The van der Waals surface area contributed by atoms with E-state index in [2.05, 4.69) is 53.0 Å². The van der Waals surface area contributed by atoms with Gasteiger partial charge in [-0.15, -0.1) is 0 Å². The second kappa shape index (κ2) is 4.09. The Balaban J connectivity index is 2.07. The molecule has 0 amide bonds. The summed E-state index contributed by atoms with van der Waals surface area (Å²) in [7, 11) is 0. The Labute approximate surface area is 96.8 Å². The Bertz CT molecular complexity index is 310. The van der Waals surface area contributed by atoms with Crippen molar-refractivity contribution < 1.29 is 0 Å². The number of rotatable bonds is 2. The summed E-state index contributed by atoms with van der Waals surface area (Å²) in [5, 5.41) is 3.52. The number of aryl methyl sites for hydroxylation is 1. The average Bonchev–Trinajstić information content (AvgIpc) is 2.04. The maximum atomic E-state index is 3.52. The van der Waals surface area contributed by atoms with Crippen LogP contribution in [0, 0.1) is 10.5 Å². The van der Waals surface area contributed by atoms with E-state index in [4.69, 9.17) is 0 Å². The Kier molecular flexibility index (Phi) is 3.03. The molecule has 1 N–H and O–H groups in total. The van der Waals surface area contributed by atoms with Crippen LogP contribution in [0.2, 0.25) is 0 Å². The monoisotopic (exact) mass is 305 g/mol. The highest BCUT2D eigenvalue weighted by atomic mass is 127. The molecule has 1 aliphatic heterocycles. The van der Waals surface area contributed by atoms with Crippen LogP contribution in [0.4, 0.5) is 5.69 Å². The molecule has 0 aromatic heterocycles. The highest BCUT2D eigenvalue weighted by Gasteiger charge is 2.17. The molecule has 1 aliphatic rings. The summed E-state index contributed by atoms with van der Waals surface area (Å²) in [4.78, 5) is 0. The predicted octanol–water partition coefficient (Wildman–Crippen LogP) is 3.13. The first-order valence-corrected chi connectivity index (χ1v) is 6.59. The lowest BCUT2D eigenvalue weighted by atomic mass is 10.2. The minimum Gasteiger partial charge on any atom is -0.381 e. The van der Waals surface area contributed by atoms with Crippen molar-refractivity contribution in [2.24, 2.45) is 0 Å². The van der Waals surface area contributed by atoms with Crippen LogP contribution in [0.5, 0.6) is 0 Å². The number of halogens is 1. The summed E-state index contributed by atoms with van der Waals surface area (Å²) in [5.41, 5.74) is 2.62. The third-order valence-electron chi connectivity index (χ3n) is 2.18. The van der Waals surface area contributed by atoms with Crippen LogP contribution < -0.4 is 5.32 Å². The number of nitrogens with one attached hydrogen (secondary N) is 1. The molecule has 2 rings (SSSR count). The van der Waals surface area contributed by atoms with Gasteiger partial charge in [-0.2, -0.15) is 11.8 Å². The minimum absolute atomic E-state index is 0.698. The van der Waals surface area contributed by atoms with Gasteiger partial charge in [0.05, 0.1) is 0 Å². The number of hydrogen-bond donors (Lipinski definition) is 1. The van der Waals surface area contributed by atoms with Crippen molar-refractivity contribution in [3.8, 4) is 0 Å². The lowest BCUT2D eigenvalue weighted by Gasteiger charge is -2.27. The van der Waals surface area contributed by atoms with Crippen molar-refractivity contribution in [3.05, 3.63) is 27.3 Å².